The molecule has 84 valence electrons. The molecule has 0 aliphatic carbocycles. The standard InChI is InChI=1S/C12H10N4O/c13-8-1-2-9-10(6-8)16-12(15-9)7-3-4-14-11(17)5-7/h1-6H,13H2,(H,14,17)(H,15,16). The molecule has 0 atom stereocenters. The summed E-state index contributed by atoms with van der Waals surface area (Å²) in [6, 6.07) is 8.76. The second-order valence-electron chi connectivity index (χ2n) is 3.80. The van der Waals surface area contributed by atoms with E-state index in [-0.39, 0.29) is 5.56 Å². The Labute approximate surface area is 96.3 Å². The van der Waals surface area contributed by atoms with Crippen LogP contribution < -0.4 is 11.3 Å². The van der Waals surface area contributed by atoms with Crippen LogP contribution in [0.1, 0.15) is 0 Å². The van der Waals surface area contributed by atoms with E-state index in [2.05, 4.69) is 15.0 Å². The lowest BCUT2D eigenvalue weighted by molar-refractivity contribution is 1.22. The number of H-pyrrole nitrogens is 2. The highest BCUT2D eigenvalue weighted by Gasteiger charge is 2.05. The molecule has 5 heteroatoms. The molecule has 0 fully saturated rings. The van der Waals surface area contributed by atoms with Crippen LogP contribution in [0.25, 0.3) is 22.4 Å². The number of anilines is 1. The molecule has 3 aromatic rings. The minimum atomic E-state index is -0.150. The third kappa shape index (κ3) is 1.67. The van der Waals surface area contributed by atoms with E-state index in [1.807, 2.05) is 12.1 Å². The predicted octanol–water partition coefficient (Wildman–Crippen LogP) is 1.50. The number of fused-ring (bicyclic) bond motifs is 1. The fraction of sp³-hybridized carbons (Fsp3) is 0. The smallest absolute Gasteiger partial charge is 0.248 e. The van der Waals surface area contributed by atoms with Gasteiger partial charge in [0.1, 0.15) is 5.82 Å². The number of nitrogens with two attached hydrogens (primary N) is 1. The number of aromatic nitrogens is 3. The maximum Gasteiger partial charge on any atom is 0.248 e. The van der Waals surface area contributed by atoms with Crippen LogP contribution in [0.3, 0.4) is 0 Å². The van der Waals surface area contributed by atoms with E-state index in [1.165, 1.54) is 6.07 Å². The van der Waals surface area contributed by atoms with Gasteiger partial charge in [-0.15, -0.1) is 0 Å². The van der Waals surface area contributed by atoms with E-state index in [0.29, 0.717) is 11.5 Å². The Morgan fingerprint density at radius 3 is 2.88 bits per heavy atom. The molecule has 2 heterocycles. The summed E-state index contributed by atoms with van der Waals surface area (Å²) in [6.07, 6.45) is 1.60. The van der Waals surface area contributed by atoms with Crippen molar-refractivity contribution in [3.8, 4) is 11.4 Å². The van der Waals surface area contributed by atoms with Crippen LogP contribution in [0, 0.1) is 0 Å². The summed E-state index contributed by atoms with van der Waals surface area (Å²) in [5, 5.41) is 0. The summed E-state index contributed by atoms with van der Waals surface area (Å²) >= 11 is 0. The fourth-order valence-electron chi connectivity index (χ4n) is 1.76. The zero-order valence-electron chi connectivity index (χ0n) is 8.90. The van der Waals surface area contributed by atoms with Gasteiger partial charge in [0.2, 0.25) is 5.56 Å². The van der Waals surface area contributed by atoms with Crippen molar-refractivity contribution in [2.45, 2.75) is 0 Å². The molecule has 0 saturated heterocycles. The van der Waals surface area contributed by atoms with Crippen LogP contribution in [-0.2, 0) is 0 Å². The number of benzene rings is 1. The van der Waals surface area contributed by atoms with Crippen LogP contribution in [-0.4, -0.2) is 15.0 Å². The summed E-state index contributed by atoms with van der Waals surface area (Å²) in [5.41, 5.74) is 8.66. The molecule has 4 N–H and O–H groups in total. The summed E-state index contributed by atoms with van der Waals surface area (Å²) in [4.78, 5) is 21.3. The van der Waals surface area contributed by atoms with Crippen LogP contribution >= 0.6 is 0 Å². The Morgan fingerprint density at radius 1 is 1.18 bits per heavy atom. The monoisotopic (exact) mass is 226 g/mol. The van der Waals surface area contributed by atoms with Crippen molar-refractivity contribution in [2.75, 3.05) is 5.73 Å². The minimum absolute atomic E-state index is 0.150. The minimum Gasteiger partial charge on any atom is -0.399 e. The highest BCUT2D eigenvalue weighted by Crippen LogP contribution is 2.20. The molecule has 1 aromatic carbocycles. The van der Waals surface area contributed by atoms with Gasteiger partial charge in [-0.05, 0) is 24.3 Å². The highest BCUT2D eigenvalue weighted by atomic mass is 16.1. The van der Waals surface area contributed by atoms with Crippen LogP contribution in [0.2, 0.25) is 0 Å². The Balaban J connectivity index is 2.21. The van der Waals surface area contributed by atoms with Gasteiger partial charge in [0.15, 0.2) is 0 Å². The molecule has 0 unspecified atom stereocenters. The van der Waals surface area contributed by atoms with Crippen molar-refractivity contribution in [1.29, 1.82) is 0 Å². The van der Waals surface area contributed by atoms with Gasteiger partial charge in [-0.25, -0.2) is 4.98 Å². The lowest BCUT2D eigenvalue weighted by Crippen LogP contribution is -2.02. The molecule has 3 rings (SSSR count). The first-order chi connectivity index (χ1) is 8.22. The normalized spacial score (nSPS) is 10.8. The first-order valence-corrected chi connectivity index (χ1v) is 5.17. The number of nitrogen functional groups attached to an aromatic ring is 1. The number of nitrogens with one attached hydrogen (secondary N) is 2. The van der Waals surface area contributed by atoms with E-state index in [1.54, 1.807) is 18.3 Å². The zero-order chi connectivity index (χ0) is 11.8. The molecule has 0 radical (unpaired) electrons. The Kier molecular flexibility index (Phi) is 1.98. The second-order valence-corrected chi connectivity index (χ2v) is 3.80. The van der Waals surface area contributed by atoms with Crippen molar-refractivity contribution in [3.05, 3.63) is 46.9 Å². The molecule has 0 aliphatic heterocycles. The number of hydrogen-bond donors (Lipinski definition) is 3. The zero-order valence-corrected chi connectivity index (χ0v) is 8.90. The van der Waals surface area contributed by atoms with Crippen molar-refractivity contribution in [1.82, 2.24) is 15.0 Å². The van der Waals surface area contributed by atoms with Gasteiger partial charge in [-0.3, -0.25) is 4.79 Å². The number of imidazole rings is 1. The van der Waals surface area contributed by atoms with Crippen molar-refractivity contribution >= 4 is 16.7 Å². The first-order valence-electron chi connectivity index (χ1n) is 5.17. The maximum atomic E-state index is 11.2. The Morgan fingerprint density at radius 2 is 2.06 bits per heavy atom. The quantitative estimate of drug-likeness (QED) is 0.549. The molecule has 0 amide bonds. The Hall–Kier alpha value is -2.56. The number of nitrogens with zero attached hydrogens (tertiary/aromatic N) is 1. The first kappa shape index (κ1) is 9.65. The van der Waals surface area contributed by atoms with E-state index in [4.69, 9.17) is 5.73 Å². The van der Waals surface area contributed by atoms with Crippen LogP contribution in [0.5, 0.6) is 0 Å². The third-order valence-corrected chi connectivity index (χ3v) is 2.55. The lowest BCUT2D eigenvalue weighted by atomic mass is 10.2. The second kappa shape index (κ2) is 3.48. The Bertz CT molecular complexity index is 741. The van der Waals surface area contributed by atoms with Crippen molar-refractivity contribution < 1.29 is 0 Å². The van der Waals surface area contributed by atoms with E-state index < -0.39 is 0 Å². The number of hydrogen-bond acceptors (Lipinski definition) is 3. The fourth-order valence-corrected chi connectivity index (χ4v) is 1.76. The molecule has 0 spiro atoms. The predicted molar refractivity (Wildman–Crippen MR) is 66.6 cm³/mol. The van der Waals surface area contributed by atoms with Gasteiger partial charge in [0, 0.05) is 23.5 Å². The van der Waals surface area contributed by atoms with Gasteiger partial charge in [-0.1, -0.05) is 0 Å². The van der Waals surface area contributed by atoms with Crippen LogP contribution in [0.15, 0.2) is 41.3 Å². The van der Waals surface area contributed by atoms with Gasteiger partial charge >= 0.3 is 0 Å². The number of aromatic amines is 2. The summed E-state index contributed by atoms with van der Waals surface area (Å²) in [7, 11) is 0. The largest absolute Gasteiger partial charge is 0.399 e. The van der Waals surface area contributed by atoms with Gasteiger partial charge < -0.3 is 15.7 Å². The molecular weight excluding hydrogens is 216 g/mol. The van der Waals surface area contributed by atoms with Gasteiger partial charge in [0.05, 0.1) is 11.0 Å². The van der Waals surface area contributed by atoms with Gasteiger partial charge in [0.25, 0.3) is 0 Å². The molecule has 0 bridgehead atoms. The SMILES string of the molecule is Nc1ccc2nc(-c3cc[nH]c(=O)c3)[nH]c2c1. The van der Waals surface area contributed by atoms with Crippen molar-refractivity contribution in [2.24, 2.45) is 0 Å². The van der Waals surface area contributed by atoms with Gasteiger partial charge in [-0.2, -0.15) is 0 Å². The van der Waals surface area contributed by atoms with E-state index >= 15 is 0 Å². The summed E-state index contributed by atoms with van der Waals surface area (Å²) in [5.74, 6) is 0.664. The van der Waals surface area contributed by atoms with E-state index in [9.17, 15) is 4.79 Å². The molecule has 0 saturated carbocycles. The summed E-state index contributed by atoms with van der Waals surface area (Å²) in [6.45, 7) is 0. The van der Waals surface area contributed by atoms with E-state index in [0.717, 1.165) is 16.6 Å². The van der Waals surface area contributed by atoms with Crippen LogP contribution in [0.4, 0.5) is 5.69 Å². The topological polar surface area (TPSA) is 87.6 Å². The average Bonchev–Trinajstić information content (AvgIpc) is 2.72. The number of rotatable bonds is 1. The molecular formula is C12H10N4O. The average molecular weight is 226 g/mol. The summed E-state index contributed by atoms with van der Waals surface area (Å²) < 4.78 is 0. The maximum absolute atomic E-state index is 11.2. The molecule has 5 nitrogen and oxygen atoms in total. The molecule has 17 heavy (non-hydrogen) atoms. The van der Waals surface area contributed by atoms with Crippen molar-refractivity contribution in [3.63, 3.8) is 0 Å². The number of pyridine rings is 1. The highest BCUT2D eigenvalue weighted by molar-refractivity contribution is 5.82. The third-order valence-electron chi connectivity index (χ3n) is 2.55. The molecule has 2 aromatic heterocycles. The lowest BCUT2D eigenvalue weighted by Gasteiger charge is -1.93. The molecule has 0 aliphatic rings.